The minimum Gasteiger partial charge on any atom is -0.388 e. The van der Waals surface area contributed by atoms with Gasteiger partial charge in [0.15, 0.2) is 0 Å². The van der Waals surface area contributed by atoms with Crippen molar-refractivity contribution in [2.24, 2.45) is 0 Å². The molecule has 1 aromatic rings. The van der Waals surface area contributed by atoms with E-state index in [-0.39, 0.29) is 11.9 Å². The lowest BCUT2D eigenvalue weighted by Crippen LogP contribution is -2.19. The number of carbonyl (C=O) groups is 1. The van der Waals surface area contributed by atoms with E-state index in [4.69, 9.17) is 9.84 Å². The van der Waals surface area contributed by atoms with Gasteiger partial charge in [0.1, 0.15) is 19.0 Å². The minimum atomic E-state index is -0.802. The molecule has 1 aromatic heterocycles. The number of ether oxygens (including phenoxy) is 1. The lowest BCUT2D eigenvalue weighted by atomic mass is 10.2. The van der Waals surface area contributed by atoms with Gasteiger partial charge in [-0.05, 0) is 19.3 Å². The number of aliphatic hydroxyl groups excluding tert-OH is 1. The molecule has 0 bridgehead atoms. The van der Waals surface area contributed by atoms with Crippen LogP contribution in [0.1, 0.15) is 36.0 Å². The van der Waals surface area contributed by atoms with Crippen LogP contribution in [-0.2, 0) is 4.74 Å². The second-order valence-corrected chi connectivity index (χ2v) is 4.00. The van der Waals surface area contributed by atoms with Gasteiger partial charge in [0.2, 0.25) is 11.5 Å². The average Bonchev–Trinajstić information content (AvgIpc) is 2.84. The Balaban J connectivity index is 2.32. The fourth-order valence-electron chi connectivity index (χ4n) is 1.87. The Hall–Kier alpha value is -1.80. The lowest BCUT2D eigenvalue weighted by molar-refractivity contribution is -0.385. The molecular formula is C10H13N3O5. The normalized spacial score (nSPS) is 19.7. The van der Waals surface area contributed by atoms with E-state index < -0.39 is 23.0 Å². The molecule has 98 valence electrons. The molecule has 1 unspecified atom stereocenters. The second-order valence-electron chi connectivity index (χ2n) is 4.00. The molecule has 2 heterocycles. The van der Waals surface area contributed by atoms with Gasteiger partial charge < -0.3 is 9.84 Å². The number of rotatable bonds is 4. The van der Waals surface area contributed by atoms with E-state index in [0.29, 0.717) is 13.0 Å². The molecular weight excluding hydrogens is 242 g/mol. The highest BCUT2D eigenvalue weighted by Gasteiger charge is 2.28. The zero-order chi connectivity index (χ0) is 13.1. The van der Waals surface area contributed by atoms with E-state index >= 15 is 0 Å². The Bertz CT molecular complexity index is 464. The quantitative estimate of drug-likeness (QED) is 0.481. The molecule has 0 saturated carbocycles. The van der Waals surface area contributed by atoms with Crippen molar-refractivity contribution in [3.05, 3.63) is 22.0 Å². The summed E-state index contributed by atoms with van der Waals surface area (Å²) < 4.78 is 6.72. The minimum absolute atomic E-state index is 0.323. The van der Waals surface area contributed by atoms with Gasteiger partial charge >= 0.3 is 5.69 Å². The van der Waals surface area contributed by atoms with Gasteiger partial charge in [0.05, 0.1) is 4.92 Å². The van der Waals surface area contributed by atoms with Gasteiger partial charge in [-0.15, -0.1) is 0 Å². The summed E-state index contributed by atoms with van der Waals surface area (Å²) in [6.07, 6.45) is 3.40. The van der Waals surface area contributed by atoms with Crippen LogP contribution in [0.25, 0.3) is 0 Å². The molecule has 1 atom stereocenters. The molecule has 1 fully saturated rings. The highest BCUT2D eigenvalue weighted by molar-refractivity contribution is 5.98. The summed E-state index contributed by atoms with van der Waals surface area (Å²) >= 11 is 0. The first kappa shape index (κ1) is 12.7. The van der Waals surface area contributed by atoms with E-state index in [1.165, 1.54) is 10.9 Å². The molecule has 1 aliphatic heterocycles. The van der Waals surface area contributed by atoms with Crippen LogP contribution < -0.4 is 0 Å². The molecule has 8 nitrogen and oxygen atoms in total. The molecule has 1 N–H and O–H groups in total. The molecule has 18 heavy (non-hydrogen) atoms. The first-order chi connectivity index (χ1) is 8.63. The van der Waals surface area contributed by atoms with Crippen molar-refractivity contribution in [3.63, 3.8) is 0 Å². The molecule has 1 aliphatic rings. The van der Waals surface area contributed by atoms with Gasteiger partial charge in [0, 0.05) is 6.61 Å². The SMILES string of the molecule is O=C(CO)c1nn(C2CCCCO2)cc1[N+](=O)[O-]. The number of hydrogen-bond acceptors (Lipinski definition) is 6. The number of nitro groups is 1. The monoisotopic (exact) mass is 255 g/mol. The predicted molar refractivity (Wildman–Crippen MR) is 59.1 cm³/mol. The number of Topliss-reactive ketones (excluding diaryl/α,β-unsaturated/α-hetero) is 1. The summed E-state index contributed by atoms with van der Waals surface area (Å²) in [6.45, 7) is -0.231. The van der Waals surface area contributed by atoms with E-state index in [1.807, 2.05) is 0 Å². The number of aromatic nitrogens is 2. The van der Waals surface area contributed by atoms with Crippen molar-refractivity contribution in [2.75, 3.05) is 13.2 Å². The molecule has 0 aromatic carbocycles. The number of ketones is 1. The van der Waals surface area contributed by atoms with Crippen LogP contribution in [0.4, 0.5) is 5.69 Å². The Morgan fingerprint density at radius 2 is 2.44 bits per heavy atom. The number of aliphatic hydroxyl groups is 1. The first-order valence-electron chi connectivity index (χ1n) is 5.62. The molecule has 8 heteroatoms. The van der Waals surface area contributed by atoms with Crippen LogP contribution in [0.3, 0.4) is 0 Å². The predicted octanol–water partition coefficient (Wildman–Crippen LogP) is 0.665. The van der Waals surface area contributed by atoms with Crippen LogP contribution >= 0.6 is 0 Å². The molecule has 1 saturated heterocycles. The Kier molecular flexibility index (Phi) is 3.68. The Morgan fingerprint density at radius 3 is 3.00 bits per heavy atom. The lowest BCUT2D eigenvalue weighted by Gasteiger charge is -2.22. The van der Waals surface area contributed by atoms with Gasteiger partial charge in [-0.3, -0.25) is 14.9 Å². The van der Waals surface area contributed by atoms with Crippen LogP contribution in [0.5, 0.6) is 0 Å². The number of hydrogen-bond donors (Lipinski definition) is 1. The molecule has 0 radical (unpaired) electrons. The molecule has 0 aliphatic carbocycles. The fraction of sp³-hybridized carbons (Fsp3) is 0.600. The van der Waals surface area contributed by atoms with Crippen LogP contribution in [0.2, 0.25) is 0 Å². The van der Waals surface area contributed by atoms with Crippen molar-refractivity contribution >= 4 is 11.5 Å². The van der Waals surface area contributed by atoms with Crippen molar-refractivity contribution in [1.29, 1.82) is 0 Å². The first-order valence-corrected chi connectivity index (χ1v) is 5.62. The van der Waals surface area contributed by atoms with Gasteiger partial charge in [-0.25, -0.2) is 4.68 Å². The maximum Gasteiger partial charge on any atom is 0.318 e. The molecule has 0 spiro atoms. The van der Waals surface area contributed by atoms with Crippen LogP contribution in [-0.4, -0.2) is 38.8 Å². The van der Waals surface area contributed by atoms with Crippen LogP contribution in [0, 0.1) is 10.1 Å². The summed E-state index contributed by atoms with van der Waals surface area (Å²) in [4.78, 5) is 21.5. The second kappa shape index (κ2) is 5.23. The van der Waals surface area contributed by atoms with Crippen molar-refractivity contribution in [2.45, 2.75) is 25.5 Å². The van der Waals surface area contributed by atoms with Crippen molar-refractivity contribution < 1.29 is 19.6 Å². The topological polar surface area (TPSA) is 107 Å². The third kappa shape index (κ3) is 2.39. The molecule has 0 amide bonds. The van der Waals surface area contributed by atoms with Crippen molar-refractivity contribution in [1.82, 2.24) is 9.78 Å². The number of carbonyl (C=O) groups excluding carboxylic acids is 1. The summed E-state index contributed by atoms with van der Waals surface area (Å²) in [5.41, 5.74) is -0.722. The summed E-state index contributed by atoms with van der Waals surface area (Å²) in [7, 11) is 0. The Morgan fingerprint density at radius 1 is 1.67 bits per heavy atom. The third-order valence-electron chi connectivity index (χ3n) is 2.77. The largest absolute Gasteiger partial charge is 0.388 e. The smallest absolute Gasteiger partial charge is 0.318 e. The van der Waals surface area contributed by atoms with Crippen molar-refractivity contribution in [3.8, 4) is 0 Å². The highest BCUT2D eigenvalue weighted by atomic mass is 16.6. The maximum atomic E-state index is 11.4. The van der Waals surface area contributed by atoms with Gasteiger partial charge in [-0.1, -0.05) is 0 Å². The van der Waals surface area contributed by atoms with Crippen LogP contribution in [0.15, 0.2) is 6.20 Å². The maximum absolute atomic E-state index is 11.4. The zero-order valence-electron chi connectivity index (χ0n) is 9.61. The fourth-order valence-corrected chi connectivity index (χ4v) is 1.87. The summed E-state index contributed by atoms with van der Waals surface area (Å²) in [5.74, 6) is -0.767. The highest BCUT2D eigenvalue weighted by Crippen LogP contribution is 2.25. The Labute approximate surface area is 102 Å². The van der Waals surface area contributed by atoms with Gasteiger partial charge in [0.25, 0.3) is 0 Å². The zero-order valence-corrected chi connectivity index (χ0v) is 9.61. The number of nitrogens with zero attached hydrogens (tertiary/aromatic N) is 3. The summed E-state index contributed by atoms with van der Waals surface area (Å²) in [5, 5.41) is 23.4. The van der Waals surface area contributed by atoms with E-state index in [2.05, 4.69) is 5.10 Å². The molecule has 2 rings (SSSR count). The summed E-state index contributed by atoms with van der Waals surface area (Å²) in [6, 6.07) is 0. The standard InChI is InChI=1S/C10H13N3O5/c14-6-8(15)10-7(13(16)17)5-12(11-10)9-3-1-2-4-18-9/h5,9,14H,1-4,6H2. The van der Waals surface area contributed by atoms with E-state index in [9.17, 15) is 14.9 Å². The van der Waals surface area contributed by atoms with E-state index in [1.54, 1.807) is 0 Å². The average molecular weight is 255 g/mol. The van der Waals surface area contributed by atoms with E-state index in [0.717, 1.165) is 12.8 Å². The third-order valence-corrected chi connectivity index (χ3v) is 2.77. The van der Waals surface area contributed by atoms with Gasteiger partial charge in [-0.2, -0.15) is 5.10 Å².